The number of halogens is 1. The number of ether oxygens (including phenoxy) is 1. The lowest BCUT2D eigenvalue weighted by atomic mass is 9.50. The van der Waals surface area contributed by atoms with E-state index in [4.69, 9.17) is 4.74 Å². The van der Waals surface area contributed by atoms with E-state index < -0.39 is 16.8 Å². The van der Waals surface area contributed by atoms with Gasteiger partial charge in [0.15, 0.2) is 0 Å². The quantitative estimate of drug-likeness (QED) is 0.895. The Kier molecular flexibility index (Phi) is 2.45. The van der Waals surface area contributed by atoms with Crippen LogP contribution < -0.4 is 0 Å². The Morgan fingerprint density at radius 1 is 1.33 bits per heavy atom. The average Bonchev–Trinajstić information content (AvgIpc) is 2.19. The van der Waals surface area contributed by atoms with Crippen LogP contribution in [-0.2, 0) is 14.9 Å². The van der Waals surface area contributed by atoms with Gasteiger partial charge < -0.3 is 9.84 Å². The van der Waals surface area contributed by atoms with Crippen molar-refractivity contribution in [3.63, 3.8) is 0 Å². The summed E-state index contributed by atoms with van der Waals surface area (Å²) in [7, 11) is 0. The Bertz CT molecular complexity index is 490. The zero-order chi connectivity index (χ0) is 12.8. The Morgan fingerprint density at radius 3 is 2.44 bits per heavy atom. The first kappa shape index (κ1) is 11.7. The van der Waals surface area contributed by atoms with Crippen LogP contribution in [0.25, 0.3) is 0 Å². The number of aliphatic carboxylic acids is 1. The van der Waals surface area contributed by atoms with E-state index in [9.17, 15) is 14.3 Å². The number of benzene rings is 1. The summed E-state index contributed by atoms with van der Waals surface area (Å²) in [6.45, 7) is 0.755. The fourth-order valence-corrected chi connectivity index (χ4v) is 3.24. The van der Waals surface area contributed by atoms with Gasteiger partial charge in [0, 0.05) is 0 Å². The molecular weight excluding hydrogens is 235 g/mol. The van der Waals surface area contributed by atoms with E-state index in [2.05, 4.69) is 0 Å². The molecule has 1 aliphatic carbocycles. The van der Waals surface area contributed by atoms with Gasteiger partial charge in [0.05, 0.1) is 24.0 Å². The number of hydrogen-bond donors (Lipinski definition) is 1. The second kappa shape index (κ2) is 3.79. The van der Waals surface area contributed by atoms with Gasteiger partial charge in [-0.05, 0) is 30.5 Å². The molecule has 0 bridgehead atoms. The largest absolute Gasteiger partial charge is 0.481 e. The van der Waals surface area contributed by atoms with Crippen molar-refractivity contribution in [2.75, 3.05) is 13.2 Å². The molecule has 1 aliphatic heterocycles. The lowest BCUT2D eigenvalue weighted by molar-refractivity contribution is -0.192. The van der Waals surface area contributed by atoms with Crippen LogP contribution in [0.15, 0.2) is 24.3 Å². The maximum absolute atomic E-state index is 13.4. The second-order valence-electron chi connectivity index (χ2n) is 5.33. The number of carboxylic acids is 1. The molecule has 4 heteroatoms. The molecule has 2 fully saturated rings. The van der Waals surface area contributed by atoms with Gasteiger partial charge in [-0.1, -0.05) is 18.6 Å². The lowest BCUT2D eigenvalue weighted by Gasteiger charge is -2.57. The molecule has 0 amide bonds. The van der Waals surface area contributed by atoms with Crippen LogP contribution >= 0.6 is 0 Å². The minimum Gasteiger partial charge on any atom is -0.481 e. The van der Waals surface area contributed by atoms with Crippen LogP contribution in [0.3, 0.4) is 0 Å². The number of hydrogen-bond acceptors (Lipinski definition) is 2. The van der Waals surface area contributed by atoms with E-state index in [1.54, 1.807) is 6.07 Å². The minimum atomic E-state index is -0.777. The Balaban J connectivity index is 2.07. The molecular formula is C14H15FO3. The maximum Gasteiger partial charge on any atom is 0.310 e. The predicted octanol–water partition coefficient (Wildman–Crippen LogP) is 2.35. The molecule has 0 unspecified atom stereocenters. The van der Waals surface area contributed by atoms with E-state index in [0.717, 1.165) is 12.0 Å². The molecule has 18 heavy (non-hydrogen) atoms. The summed E-state index contributed by atoms with van der Waals surface area (Å²) >= 11 is 0. The summed E-state index contributed by atoms with van der Waals surface area (Å²) in [5.74, 6) is -1.10. The number of carbonyl (C=O) groups is 1. The molecule has 0 spiro atoms. The smallest absolute Gasteiger partial charge is 0.310 e. The molecule has 1 N–H and O–H groups in total. The molecule has 0 aromatic heterocycles. The third kappa shape index (κ3) is 1.29. The van der Waals surface area contributed by atoms with E-state index in [1.807, 2.05) is 6.07 Å². The van der Waals surface area contributed by atoms with Gasteiger partial charge in [-0.2, -0.15) is 0 Å². The highest BCUT2D eigenvalue weighted by molar-refractivity contribution is 5.79. The molecule has 0 radical (unpaired) electrons. The highest BCUT2D eigenvalue weighted by Crippen LogP contribution is 2.58. The van der Waals surface area contributed by atoms with Gasteiger partial charge in [-0.3, -0.25) is 4.79 Å². The highest BCUT2D eigenvalue weighted by atomic mass is 19.1. The van der Waals surface area contributed by atoms with E-state index in [-0.39, 0.29) is 5.82 Å². The van der Waals surface area contributed by atoms with Crippen LogP contribution in [0.4, 0.5) is 4.39 Å². The van der Waals surface area contributed by atoms with Crippen LogP contribution in [0, 0.1) is 11.2 Å². The summed E-state index contributed by atoms with van der Waals surface area (Å²) < 4.78 is 18.7. The van der Waals surface area contributed by atoms with Gasteiger partial charge >= 0.3 is 5.97 Å². The van der Waals surface area contributed by atoms with Gasteiger partial charge in [-0.25, -0.2) is 4.39 Å². The molecule has 1 heterocycles. The minimum absolute atomic E-state index is 0.321. The van der Waals surface area contributed by atoms with Crippen molar-refractivity contribution in [2.24, 2.45) is 5.41 Å². The molecule has 2 aliphatic rings. The third-order valence-electron chi connectivity index (χ3n) is 4.61. The average molecular weight is 250 g/mol. The molecule has 3 rings (SSSR count). The fourth-order valence-electron chi connectivity index (χ4n) is 3.24. The highest BCUT2D eigenvalue weighted by Gasteiger charge is 2.64. The molecule has 1 saturated carbocycles. The topological polar surface area (TPSA) is 46.5 Å². The molecule has 1 aromatic carbocycles. The standard InChI is InChI=1S/C14H15FO3/c15-11-4-1-3-10(7-11)14(8-18-9-14)13(12(16)17)5-2-6-13/h1,3-4,7H,2,5-6,8-9H2,(H,16,17). The van der Waals surface area contributed by atoms with Crippen molar-refractivity contribution in [3.05, 3.63) is 35.6 Å². The van der Waals surface area contributed by atoms with Crippen LogP contribution in [0.2, 0.25) is 0 Å². The second-order valence-corrected chi connectivity index (χ2v) is 5.33. The van der Waals surface area contributed by atoms with Gasteiger partial charge in [0.25, 0.3) is 0 Å². The van der Waals surface area contributed by atoms with E-state index >= 15 is 0 Å². The zero-order valence-corrected chi connectivity index (χ0v) is 9.99. The van der Waals surface area contributed by atoms with Crippen molar-refractivity contribution in [1.82, 2.24) is 0 Å². The summed E-state index contributed by atoms with van der Waals surface area (Å²) in [5.41, 5.74) is -0.547. The van der Waals surface area contributed by atoms with E-state index in [1.165, 1.54) is 12.1 Å². The van der Waals surface area contributed by atoms with Gasteiger partial charge in [0.2, 0.25) is 0 Å². The van der Waals surface area contributed by atoms with Crippen molar-refractivity contribution in [1.29, 1.82) is 0 Å². The molecule has 3 nitrogen and oxygen atoms in total. The van der Waals surface area contributed by atoms with Crippen LogP contribution in [0.5, 0.6) is 0 Å². The van der Waals surface area contributed by atoms with Crippen molar-refractivity contribution >= 4 is 5.97 Å². The normalized spacial score (nSPS) is 23.8. The summed E-state index contributed by atoms with van der Waals surface area (Å²) in [4.78, 5) is 11.7. The first-order chi connectivity index (χ1) is 8.61. The maximum atomic E-state index is 13.4. The number of carboxylic acid groups (broad SMARTS) is 1. The molecule has 96 valence electrons. The Labute approximate surface area is 105 Å². The van der Waals surface area contributed by atoms with Gasteiger partial charge in [-0.15, -0.1) is 0 Å². The third-order valence-corrected chi connectivity index (χ3v) is 4.61. The fraction of sp³-hybridized carbons (Fsp3) is 0.500. The first-order valence-electron chi connectivity index (χ1n) is 6.18. The van der Waals surface area contributed by atoms with Crippen molar-refractivity contribution in [3.8, 4) is 0 Å². The monoisotopic (exact) mass is 250 g/mol. The molecule has 0 atom stereocenters. The summed E-state index contributed by atoms with van der Waals surface area (Å²) in [6, 6.07) is 6.28. The SMILES string of the molecule is O=C(O)C1(C2(c3cccc(F)c3)COC2)CCC1. The summed E-state index contributed by atoms with van der Waals surface area (Å²) in [5, 5.41) is 9.57. The Hall–Kier alpha value is -1.42. The van der Waals surface area contributed by atoms with Crippen molar-refractivity contribution < 1.29 is 19.0 Å². The predicted molar refractivity (Wildman–Crippen MR) is 62.8 cm³/mol. The molecule has 1 saturated heterocycles. The van der Waals surface area contributed by atoms with E-state index in [0.29, 0.717) is 26.1 Å². The Morgan fingerprint density at radius 2 is 2.06 bits per heavy atom. The number of rotatable bonds is 3. The van der Waals surface area contributed by atoms with Gasteiger partial charge in [0.1, 0.15) is 5.82 Å². The van der Waals surface area contributed by atoms with Crippen LogP contribution in [-0.4, -0.2) is 24.3 Å². The zero-order valence-electron chi connectivity index (χ0n) is 9.99. The van der Waals surface area contributed by atoms with Crippen LogP contribution in [0.1, 0.15) is 24.8 Å². The first-order valence-corrected chi connectivity index (χ1v) is 6.18. The summed E-state index contributed by atoms with van der Waals surface area (Å²) in [6.07, 6.45) is 2.23. The molecule has 1 aromatic rings. The van der Waals surface area contributed by atoms with Crippen molar-refractivity contribution in [2.45, 2.75) is 24.7 Å². The lowest BCUT2D eigenvalue weighted by Crippen LogP contribution is -2.64.